The Morgan fingerprint density at radius 1 is 0.473 bits per heavy atom. The molecule has 0 saturated carbocycles. The number of anilines is 3. The molecule has 55 heavy (non-hydrogen) atoms. The van der Waals surface area contributed by atoms with E-state index < -0.39 is 0 Å². The molecular weight excluding hydrogens is 671 g/mol. The van der Waals surface area contributed by atoms with Gasteiger partial charge in [0.2, 0.25) is 0 Å². The molecule has 2 heterocycles. The summed E-state index contributed by atoms with van der Waals surface area (Å²) in [5, 5.41) is 11.7. The Bertz CT molecular complexity index is 2400. The fourth-order valence-electron chi connectivity index (χ4n) is 7.24. The van der Waals surface area contributed by atoms with Crippen LogP contribution in [0.5, 0.6) is 5.75 Å². The highest BCUT2D eigenvalue weighted by Gasteiger charge is 2.26. The molecule has 0 saturated heterocycles. The summed E-state index contributed by atoms with van der Waals surface area (Å²) in [6, 6.07) is 53.0. The average molecular weight is 722 g/mol. The number of hydrogen-bond acceptors (Lipinski definition) is 4. The van der Waals surface area contributed by atoms with Gasteiger partial charge >= 0.3 is 0 Å². The van der Waals surface area contributed by atoms with Crippen LogP contribution in [0, 0.1) is 0 Å². The molecule has 276 valence electrons. The van der Waals surface area contributed by atoms with Crippen molar-refractivity contribution in [2.24, 2.45) is 0 Å². The standard InChI is InChI=1S/C51H51N3O/c1-49(2,3)40-30-37(45-32-36(35-18-11-9-12-19-35)33-46(53-45)43-22-17-23-44(48(43)55)50(4,5)6)31-42(34-40)54(47-24-15-16-29-52-47)41-27-25-39(26-28-41)51(7,8)38-20-13-10-14-21-38/h9-34,55H,1-8H3. The first kappa shape index (κ1) is 37.3. The van der Waals surface area contributed by atoms with Crippen molar-refractivity contribution in [3.05, 3.63) is 180 Å². The summed E-state index contributed by atoms with van der Waals surface area (Å²) in [6.45, 7) is 17.7. The van der Waals surface area contributed by atoms with Crippen molar-refractivity contribution in [2.45, 2.75) is 71.6 Å². The molecular formula is C51H51N3O. The quantitative estimate of drug-likeness (QED) is 0.170. The molecule has 0 aliphatic heterocycles. The zero-order valence-electron chi connectivity index (χ0n) is 33.3. The van der Waals surface area contributed by atoms with Gasteiger partial charge in [0.15, 0.2) is 0 Å². The maximum atomic E-state index is 11.7. The minimum atomic E-state index is -0.236. The van der Waals surface area contributed by atoms with Crippen molar-refractivity contribution < 1.29 is 5.11 Å². The zero-order chi connectivity index (χ0) is 39.0. The van der Waals surface area contributed by atoms with Crippen LogP contribution < -0.4 is 4.90 Å². The second-order valence-corrected chi connectivity index (χ2v) is 17.0. The van der Waals surface area contributed by atoms with Crippen LogP contribution in [0.1, 0.15) is 77.6 Å². The Kier molecular flexibility index (Phi) is 9.96. The van der Waals surface area contributed by atoms with E-state index >= 15 is 0 Å². The molecule has 7 aromatic rings. The number of aromatic nitrogens is 2. The van der Waals surface area contributed by atoms with E-state index in [0.29, 0.717) is 5.56 Å². The minimum absolute atomic E-state index is 0.163. The number of benzene rings is 5. The summed E-state index contributed by atoms with van der Waals surface area (Å²) in [5.41, 5.74) is 11.4. The van der Waals surface area contributed by atoms with Gasteiger partial charge in [-0.2, -0.15) is 0 Å². The van der Waals surface area contributed by atoms with Crippen LogP contribution in [-0.4, -0.2) is 15.1 Å². The van der Waals surface area contributed by atoms with E-state index in [-0.39, 0.29) is 22.0 Å². The summed E-state index contributed by atoms with van der Waals surface area (Å²) in [7, 11) is 0. The van der Waals surface area contributed by atoms with Crippen LogP contribution in [-0.2, 0) is 16.2 Å². The van der Waals surface area contributed by atoms with Gasteiger partial charge in [0.1, 0.15) is 11.6 Å². The molecule has 2 aromatic heterocycles. The lowest BCUT2D eigenvalue weighted by Crippen LogP contribution is -2.19. The maximum absolute atomic E-state index is 11.7. The number of phenolic OH excluding ortho intramolecular Hbond substituents is 1. The molecule has 0 bridgehead atoms. The van der Waals surface area contributed by atoms with Gasteiger partial charge in [0.05, 0.1) is 11.4 Å². The summed E-state index contributed by atoms with van der Waals surface area (Å²) >= 11 is 0. The summed E-state index contributed by atoms with van der Waals surface area (Å²) in [4.78, 5) is 12.4. The second-order valence-electron chi connectivity index (χ2n) is 17.0. The van der Waals surface area contributed by atoms with Gasteiger partial charge in [0, 0.05) is 34.1 Å². The van der Waals surface area contributed by atoms with Crippen LogP contribution in [0.25, 0.3) is 33.6 Å². The molecule has 0 radical (unpaired) electrons. The van der Waals surface area contributed by atoms with Crippen LogP contribution in [0.2, 0.25) is 0 Å². The molecule has 1 N–H and O–H groups in total. The highest BCUT2D eigenvalue weighted by Crippen LogP contribution is 2.43. The fourth-order valence-corrected chi connectivity index (χ4v) is 7.24. The van der Waals surface area contributed by atoms with Gasteiger partial charge in [-0.05, 0) is 105 Å². The van der Waals surface area contributed by atoms with Crippen molar-refractivity contribution in [1.29, 1.82) is 0 Å². The number of nitrogens with zero attached hydrogens (tertiary/aromatic N) is 3. The Hall–Kier alpha value is -6.00. The molecule has 0 spiro atoms. The maximum Gasteiger partial charge on any atom is 0.137 e. The third-order valence-corrected chi connectivity index (χ3v) is 10.6. The van der Waals surface area contributed by atoms with Crippen molar-refractivity contribution in [2.75, 3.05) is 4.90 Å². The summed E-state index contributed by atoms with van der Waals surface area (Å²) in [5.74, 6) is 1.09. The zero-order valence-corrected chi connectivity index (χ0v) is 33.3. The average Bonchev–Trinajstić information content (AvgIpc) is 3.18. The molecule has 0 unspecified atom stereocenters. The van der Waals surface area contributed by atoms with E-state index in [0.717, 1.165) is 50.8 Å². The van der Waals surface area contributed by atoms with Crippen LogP contribution >= 0.6 is 0 Å². The monoisotopic (exact) mass is 721 g/mol. The van der Waals surface area contributed by atoms with Crippen molar-refractivity contribution in [1.82, 2.24) is 9.97 Å². The fraction of sp³-hybridized carbons (Fsp3) is 0.216. The Morgan fingerprint density at radius 2 is 1.11 bits per heavy atom. The lowest BCUT2D eigenvalue weighted by atomic mass is 9.78. The highest BCUT2D eigenvalue weighted by molar-refractivity contribution is 5.83. The number of aromatic hydroxyl groups is 1. The molecule has 5 aromatic carbocycles. The first-order chi connectivity index (χ1) is 26.2. The van der Waals surface area contributed by atoms with E-state index in [2.05, 4.69) is 176 Å². The van der Waals surface area contributed by atoms with Crippen molar-refractivity contribution in [3.8, 4) is 39.4 Å². The Balaban J connectivity index is 1.42. The van der Waals surface area contributed by atoms with Gasteiger partial charge in [0.25, 0.3) is 0 Å². The Morgan fingerprint density at radius 3 is 1.75 bits per heavy atom. The van der Waals surface area contributed by atoms with Crippen LogP contribution in [0.3, 0.4) is 0 Å². The lowest BCUT2D eigenvalue weighted by molar-refractivity contribution is 0.448. The summed E-state index contributed by atoms with van der Waals surface area (Å²) in [6.07, 6.45) is 1.85. The van der Waals surface area contributed by atoms with E-state index in [1.165, 1.54) is 16.7 Å². The predicted octanol–water partition coefficient (Wildman–Crippen LogP) is 13.6. The molecule has 0 aliphatic rings. The largest absolute Gasteiger partial charge is 0.507 e. The third-order valence-electron chi connectivity index (χ3n) is 10.6. The van der Waals surface area contributed by atoms with E-state index in [1.54, 1.807) is 0 Å². The highest BCUT2D eigenvalue weighted by atomic mass is 16.3. The normalized spacial score (nSPS) is 12.1. The van der Waals surface area contributed by atoms with Gasteiger partial charge in [-0.1, -0.05) is 146 Å². The van der Waals surface area contributed by atoms with E-state index in [9.17, 15) is 5.11 Å². The van der Waals surface area contributed by atoms with Gasteiger partial charge in [-0.15, -0.1) is 0 Å². The predicted molar refractivity (Wildman–Crippen MR) is 231 cm³/mol. The van der Waals surface area contributed by atoms with E-state index in [4.69, 9.17) is 9.97 Å². The molecule has 0 aliphatic carbocycles. The van der Waals surface area contributed by atoms with Crippen LogP contribution in [0.15, 0.2) is 158 Å². The van der Waals surface area contributed by atoms with Gasteiger partial charge in [-0.25, -0.2) is 9.97 Å². The number of para-hydroxylation sites is 1. The molecule has 7 rings (SSSR count). The van der Waals surface area contributed by atoms with E-state index in [1.807, 2.05) is 42.6 Å². The van der Waals surface area contributed by atoms with Crippen LogP contribution in [0.4, 0.5) is 17.2 Å². The number of pyridine rings is 2. The molecule has 4 nitrogen and oxygen atoms in total. The minimum Gasteiger partial charge on any atom is -0.507 e. The number of rotatable bonds is 8. The number of phenols is 1. The second kappa shape index (κ2) is 14.7. The smallest absolute Gasteiger partial charge is 0.137 e. The first-order valence-corrected chi connectivity index (χ1v) is 19.1. The third kappa shape index (κ3) is 7.82. The van der Waals surface area contributed by atoms with Gasteiger partial charge in [-0.3, -0.25) is 4.90 Å². The SMILES string of the molecule is CC(C)(C)c1cc(-c2cc(-c3ccccc3)cc(-c3cccc(C(C)(C)C)c3O)n2)cc(N(c2ccc(C(C)(C)c3ccccc3)cc2)c2ccccn2)c1. The Labute approximate surface area is 327 Å². The van der Waals surface area contributed by atoms with Crippen molar-refractivity contribution in [3.63, 3.8) is 0 Å². The first-order valence-electron chi connectivity index (χ1n) is 19.1. The molecule has 0 amide bonds. The molecule has 0 fully saturated rings. The topological polar surface area (TPSA) is 49.3 Å². The van der Waals surface area contributed by atoms with Gasteiger partial charge < -0.3 is 5.11 Å². The lowest BCUT2D eigenvalue weighted by Gasteiger charge is -2.30. The van der Waals surface area contributed by atoms with Crippen molar-refractivity contribution >= 4 is 17.2 Å². The number of hydrogen-bond donors (Lipinski definition) is 1. The summed E-state index contributed by atoms with van der Waals surface area (Å²) < 4.78 is 0. The molecule has 0 atom stereocenters. The molecule has 4 heteroatoms.